The molecule has 1 aliphatic heterocycles. The highest BCUT2D eigenvalue weighted by molar-refractivity contribution is 7.89. The van der Waals surface area contributed by atoms with E-state index in [0.29, 0.717) is 29.2 Å². The number of fused-ring (bicyclic) bond motifs is 1. The van der Waals surface area contributed by atoms with Crippen LogP contribution in [0.1, 0.15) is 16.1 Å². The number of sulfonamides is 1. The van der Waals surface area contributed by atoms with Gasteiger partial charge >= 0.3 is 5.97 Å². The second-order valence-corrected chi connectivity index (χ2v) is 7.44. The van der Waals surface area contributed by atoms with Crippen LogP contribution in [0.25, 0.3) is 0 Å². The first-order valence-corrected chi connectivity index (χ1v) is 9.15. The molecule has 132 valence electrons. The van der Waals surface area contributed by atoms with Gasteiger partial charge < -0.3 is 14.6 Å². The molecule has 0 bridgehead atoms. The molecule has 10 heteroatoms. The average Bonchev–Trinajstić information content (AvgIpc) is 3.17. The molecule has 1 aromatic heterocycles. The minimum Gasteiger partial charge on any atom is -0.451 e. The van der Waals surface area contributed by atoms with Crippen molar-refractivity contribution in [3.8, 4) is 0 Å². The Bertz CT molecular complexity index is 954. The highest BCUT2D eigenvalue weighted by atomic mass is 35.5. The molecule has 1 aliphatic rings. The van der Waals surface area contributed by atoms with Crippen LogP contribution >= 0.6 is 11.6 Å². The summed E-state index contributed by atoms with van der Waals surface area (Å²) < 4.78 is 27.8. The number of halogens is 1. The first-order valence-electron chi connectivity index (χ1n) is 7.23. The third-order valence-electron chi connectivity index (χ3n) is 3.77. The number of primary sulfonamides is 1. The van der Waals surface area contributed by atoms with Crippen LogP contribution in [0.5, 0.6) is 0 Å². The lowest BCUT2D eigenvalue weighted by atomic mass is 10.2. The fraction of sp³-hybridized carbons (Fsp3) is 0.200. The van der Waals surface area contributed by atoms with Gasteiger partial charge in [0, 0.05) is 18.4 Å². The Kier molecular flexibility index (Phi) is 4.55. The van der Waals surface area contributed by atoms with Gasteiger partial charge in [0.25, 0.3) is 5.91 Å². The summed E-state index contributed by atoms with van der Waals surface area (Å²) in [6.45, 7) is -0.0695. The number of H-pyrrole nitrogens is 1. The maximum atomic E-state index is 12.3. The topological polar surface area (TPSA) is 123 Å². The molecule has 0 radical (unpaired) electrons. The molecule has 25 heavy (non-hydrogen) atoms. The first kappa shape index (κ1) is 17.5. The molecule has 0 atom stereocenters. The van der Waals surface area contributed by atoms with Crippen molar-refractivity contribution < 1.29 is 22.7 Å². The number of hydrogen-bond donors (Lipinski definition) is 2. The van der Waals surface area contributed by atoms with Crippen molar-refractivity contribution in [2.45, 2.75) is 11.3 Å². The van der Waals surface area contributed by atoms with Crippen molar-refractivity contribution in [2.24, 2.45) is 5.14 Å². The summed E-state index contributed by atoms with van der Waals surface area (Å²) >= 11 is 5.71. The fourth-order valence-electron chi connectivity index (χ4n) is 2.58. The van der Waals surface area contributed by atoms with Crippen LogP contribution in [0.2, 0.25) is 5.02 Å². The average molecular weight is 384 g/mol. The van der Waals surface area contributed by atoms with Crippen molar-refractivity contribution in [3.63, 3.8) is 0 Å². The van der Waals surface area contributed by atoms with E-state index in [1.807, 2.05) is 0 Å². The number of nitrogens with zero attached hydrogens (tertiary/aromatic N) is 1. The van der Waals surface area contributed by atoms with Crippen LogP contribution in [0, 0.1) is 0 Å². The number of ether oxygens (including phenoxy) is 1. The summed E-state index contributed by atoms with van der Waals surface area (Å²) in [5, 5.41) is 5.46. The van der Waals surface area contributed by atoms with E-state index in [9.17, 15) is 18.0 Å². The van der Waals surface area contributed by atoms with E-state index in [4.69, 9.17) is 21.5 Å². The van der Waals surface area contributed by atoms with E-state index >= 15 is 0 Å². The zero-order valence-electron chi connectivity index (χ0n) is 12.9. The minimum absolute atomic E-state index is 0.00407. The van der Waals surface area contributed by atoms with Gasteiger partial charge in [-0.05, 0) is 36.2 Å². The number of aromatic nitrogens is 1. The number of aromatic amines is 1. The van der Waals surface area contributed by atoms with E-state index in [1.165, 1.54) is 35.4 Å². The van der Waals surface area contributed by atoms with Crippen molar-refractivity contribution in [3.05, 3.63) is 46.7 Å². The molecule has 0 aliphatic carbocycles. The van der Waals surface area contributed by atoms with Gasteiger partial charge in [-0.2, -0.15) is 0 Å². The van der Waals surface area contributed by atoms with Crippen LogP contribution in [0.3, 0.4) is 0 Å². The highest BCUT2D eigenvalue weighted by Crippen LogP contribution is 2.30. The van der Waals surface area contributed by atoms with E-state index in [0.717, 1.165) is 0 Å². The van der Waals surface area contributed by atoms with Gasteiger partial charge in [-0.15, -0.1) is 0 Å². The summed E-state index contributed by atoms with van der Waals surface area (Å²) in [7, 11) is -3.80. The van der Waals surface area contributed by atoms with Gasteiger partial charge in [0.1, 0.15) is 5.69 Å². The standard InChI is InChI=1S/C15H14ClN3O5S/c16-10-6-12(18-7-10)15(21)24-8-14(20)19-4-3-9-5-11(25(17,22)23)1-2-13(9)19/h1-2,5-7,18H,3-4,8H2,(H2,17,22,23). The van der Waals surface area contributed by atoms with Crippen LogP contribution in [-0.4, -0.2) is 38.4 Å². The monoisotopic (exact) mass is 383 g/mol. The largest absolute Gasteiger partial charge is 0.451 e. The molecule has 0 saturated heterocycles. The van der Waals surface area contributed by atoms with Crippen LogP contribution < -0.4 is 10.0 Å². The lowest BCUT2D eigenvalue weighted by Crippen LogP contribution is -2.33. The van der Waals surface area contributed by atoms with Crippen LogP contribution in [0.15, 0.2) is 35.4 Å². The quantitative estimate of drug-likeness (QED) is 0.764. The molecule has 0 saturated carbocycles. The molecular formula is C15H14ClN3O5S. The van der Waals surface area contributed by atoms with Gasteiger partial charge in [-0.3, -0.25) is 4.79 Å². The molecule has 1 aromatic carbocycles. The summed E-state index contributed by atoms with van der Waals surface area (Å²) in [5.41, 5.74) is 1.43. The van der Waals surface area contributed by atoms with Crippen molar-refractivity contribution in [2.75, 3.05) is 18.1 Å². The van der Waals surface area contributed by atoms with Gasteiger partial charge in [0.05, 0.1) is 9.92 Å². The van der Waals surface area contributed by atoms with E-state index in [-0.39, 0.29) is 10.6 Å². The molecule has 0 unspecified atom stereocenters. The third kappa shape index (κ3) is 3.68. The van der Waals surface area contributed by atoms with Crippen LogP contribution in [-0.2, 0) is 26.0 Å². The Labute approximate surface area is 148 Å². The zero-order chi connectivity index (χ0) is 18.2. The number of rotatable bonds is 4. The predicted molar refractivity (Wildman–Crippen MR) is 90.0 cm³/mol. The highest BCUT2D eigenvalue weighted by Gasteiger charge is 2.27. The number of nitrogens with one attached hydrogen (secondary N) is 1. The van der Waals surface area contributed by atoms with E-state index < -0.39 is 28.5 Å². The number of esters is 1. The summed E-state index contributed by atoms with van der Waals surface area (Å²) in [6, 6.07) is 5.71. The lowest BCUT2D eigenvalue weighted by molar-refractivity contribution is -0.121. The van der Waals surface area contributed by atoms with Gasteiger partial charge in [-0.1, -0.05) is 11.6 Å². The molecule has 2 aromatic rings. The Morgan fingerprint density at radius 2 is 2.08 bits per heavy atom. The maximum absolute atomic E-state index is 12.3. The normalized spacial score (nSPS) is 13.6. The smallest absolute Gasteiger partial charge is 0.355 e. The summed E-state index contributed by atoms with van der Waals surface area (Å²) in [6.07, 6.45) is 1.92. The molecular weight excluding hydrogens is 370 g/mol. The van der Waals surface area contributed by atoms with E-state index in [1.54, 1.807) is 0 Å². The molecule has 0 fully saturated rings. The summed E-state index contributed by atoms with van der Waals surface area (Å²) in [5.74, 6) is -1.10. The number of carbonyl (C=O) groups excluding carboxylic acids is 2. The van der Waals surface area contributed by atoms with E-state index in [2.05, 4.69) is 4.98 Å². The molecule has 3 N–H and O–H groups in total. The number of nitrogens with two attached hydrogens (primary N) is 1. The van der Waals surface area contributed by atoms with Gasteiger partial charge in [0.2, 0.25) is 10.0 Å². The Morgan fingerprint density at radius 3 is 2.72 bits per heavy atom. The fourth-order valence-corrected chi connectivity index (χ4v) is 3.31. The number of hydrogen-bond acceptors (Lipinski definition) is 5. The Morgan fingerprint density at radius 1 is 1.32 bits per heavy atom. The number of anilines is 1. The number of carbonyl (C=O) groups is 2. The lowest BCUT2D eigenvalue weighted by Gasteiger charge is -2.17. The Hall–Kier alpha value is -2.36. The molecule has 2 heterocycles. The number of amides is 1. The molecule has 1 amide bonds. The Balaban J connectivity index is 1.68. The number of benzene rings is 1. The van der Waals surface area contributed by atoms with Gasteiger partial charge in [-0.25, -0.2) is 18.4 Å². The second-order valence-electron chi connectivity index (χ2n) is 5.44. The second kappa shape index (κ2) is 6.51. The van der Waals surface area contributed by atoms with Crippen molar-refractivity contribution in [1.82, 2.24) is 4.98 Å². The first-order chi connectivity index (χ1) is 11.8. The predicted octanol–water partition coefficient (Wildman–Crippen LogP) is 1.06. The van der Waals surface area contributed by atoms with Crippen LogP contribution in [0.4, 0.5) is 5.69 Å². The van der Waals surface area contributed by atoms with Gasteiger partial charge in [0.15, 0.2) is 6.61 Å². The SMILES string of the molecule is NS(=O)(=O)c1ccc2c(c1)CCN2C(=O)COC(=O)c1cc(Cl)c[nH]1. The third-order valence-corrected chi connectivity index (χ3v) is 4.90. The maximum Gasteiger partial charge on any atom is 0.355 e. The molecule has 8 nitrogen and oxygen atoms in total. The van der Waals surface area contributed by atoms with Crippen molar-refractivity contribution >= 4 is 39.2 Å². The molecule has 3 rings (SSSR count). The molecule has 0 spiro atoms. The summed E-state index contributed by atoms with van der Waals surface area (Å²) in [4.78, 5) is 28.2. The van der Waals surface area contributed by atoms with Crippen molar-refractivity contribution in [1.29, 1.82) is 0 Å². The minimum atomic E-state index is -3.80. The zero-order valence-corrected chi connectivity index (χ0v) is 14.4.